The van der Waals surface area contributed by atoms with E-state index in [-0.39, 0.29) is 0 Å². The first kappa shape index (κ1) is 12.2. The van der Waals surface area contributed by atoms with E-state index in [1.54, 1.807) is 7.11 Å². The molecule has 2 rings (SSSR count). The van der Waals surface area contributed by atoms with Crippen LogP contribution in [0.3, 0.4) is 0 Å². The fourth-order valence-corrected chi connectivity index (χ4v) is 3.00. The number of hydrogen-bond donors (Lipinski definition) is 0. The fraction of sp³-hybridized carbons (Fsp3) is 0.533. The summed E-state index contributed by atoms with van der Waals surface area (Å²) in [6, 6.07) is 8.22. The Balaban J connectivity index is 2.25. The fourth-order valence-electron chi connectivity index (χ4n) is 3.00. The number of rotatable bonds is 4. The van der Waals surface area contributed by atoms with Gasteiger partial charge in [0.2, 0.25) is 0 Å². The molecule has 0 aromatic heterocycles. The van der Waals surface area contributed by atoms with Crippen LogP contribution in [0.4, 0.5) is 0 Å². The highest BCUT2D eigenvalue weighted by Gasteiger charge is 2.27. The van der Waals surface area contributed by atoms with Gasteiger partial charge in [-0.1, -0.05) is 31.0 Å². The van der Waals surface area contributed by atoms with Gasteiger partial charge in [-0.3, -0.25) is 0 Å². The van der Waals surface area contributed by atoms with Gasteiger partial charge in [-0.2, -0.15) is 0 Å². The molecule has 1 aliphatic rings. The number of aldehydes is 1. The lowest BCUT2D eigenvalue weighted by Gasteiger charge is -2.31. The van der Waals surface area contributed by atoms with Gasteiger partial charge in [0.1, 0.15) is 12.0 Å². The van der Waals surface area contributed by atoms with E-state index >= 15 is 0 Å². The number of para-hydroxylation sites is 1. The zero-order valence-electron chi connectivity index (χ0n) is 10.4. The minimum absolute atomic E-state index is 0.491. The molecule has 0 saturated heterocycles. The van der Waals surface area contributed by atoms with E-state index in [4.69, 9.17) is 4.74 Å². The third-order valence-electron chi connectivity index (χ3n) is 3.85. The standard InChI is InChI=1S/C15H20O2/c1-17-15-9-5-4-8-14(15)13-7-3-2-6-12(13)10-11-16/h4-5,8-9,11-13H,2-3,6-7,10H2,1H3/t12-,13-/m0/s1. The smallest absolute Gasteiger partial charge is 0.122 e. The summed E-state index contributed by atoms with van der Waals surface area (Å²) in [6.07, 6.45) is 6.61. The Morgan fingerprint density at radius 1 is 1.29 bits per heavy atom. The van der Waals surface area contributed by atoms with E-state index in [1.165, 1.54) is 31.2 Å². The zero-order chi connectivity index (χ0) is 12.1. The highest BCUT2D eigenvalue weighted by atomic mass is 16.5. The summed E-state index contributed by atoms with van der Waals surface area (Å²) in [5.74, 6) is 1.96. The Labute approximate surface area is 103 Å². The van der Waals surface area contributed by atoms with Crippen molar-refractivity contribution in [1.82, 2.24) is 0 Å². The number of hydrogen-bond acceptors (Lipinski definition) is 2. The molecule has 1 aromatic carbocycles. The van der Waals surface area contributed by atoms with Crippen LogP contribution < -0.4 is 4.74 Å². The Kier molecular flexibility index (Phi) is 4.18. The Morgan fingerprint density at radius 2 is 2.06 bits per heavy atom. The quantitative estimate of drug-likeness (QED) is 0.742. The average Bonchev–Trinajstić information content (AvgIpc) is 2.40. The van der Waals surface area contributed by atoms with Gasteiger partial charge >= 0.3 is 0 Å². The second-order valence-electron chi connectivity index (χ2n) is 4.80. The molecule has 2 nitrogen and oxygen atoms in total. The maximum atomic E-state index is 10.8. The molecule has 1 saturated carbocycles. The topological polar surface area (TPSA) is 26.3 Å². The normalized spacial score (nSPS) is 24.3. The minimum atomic E-state index is 0.491. The van der Waals surface area contributed by atoms with E-state index in [2.05, 4.69) is 12.1 Å². The van der Waals surface area contributed by atoms with Crippen molar-refractivity contribution in [2.75, 3.05) is 7.11 Å². The van der Waals surface area contributed by atoms with Crippen LogP contribution in [0.1, 0.15) is 43.6 Å². The number of methoxy groups -OCH3 is 1. The molecule has 0 spiro atoms. The molecule has 0 bridgehead atoms. The predicted octanol–water partition coefficient (Wildman–Crippen LogP) is 3.56. The van der Waals surface area contributed by atoms with E-state index in [0.717, 1.165) is 12.0 Å². The molecule has 92 valence electrons. The molecule has 1 aromatic rings. The van der Waals surface area contributed by atoms with Crippen LogP contribution in [0.25, 0.3) is 0 Å². The summed E-state index contributed by atoms with van der Waals surface area (Å²) in [4.78, 5) is 10.8. The van der Waals surface area contributed by atoms with Crippen LogP contribution in [-0.4, -0.2) is 13.4 Å². The van der Waals surface area contributed by atoms with Gasteiger partial charge in [-0.15, -0.1) is 0 Å². The lowest BCUT2D eigenvalue weighted by atomic mass is 9.74. The maximum absolute atomic E-state index is 10.8. The Bertz CT molecular complexity index is 373. The molecule has 1 aliphatic carbocycles. The van der Waals surface area contributed by atoms with E-state index in [9.17, 15) is 4.79 Å². The van der Waals surface area contributed by atoms with E-state index in [0.29, 0.717) is 18.3 Å². The zero-order valence-corrected chi connectivity index (χ0v) is 10.4. The largest absolute Gasteiger partial charge is 0.496 e. The van der Waals surface area contributed by atoms with Crippen molar-refractivity contribution < 1.29 is 9.53 Å². The van der Waals surface area contributed by atoms with Gasteiger partial charge in [0.05, 0.1) is 7.11 Å². The Morgan fingerprint density at radius 3 is 2.82 bits per heavy atom. The van der Waals surface area contributed by atoms with Crippen molar-refractivity contribution >= 4 is 6.29 Å². The predicted molar refractivity (Wildman–Crippen MR) is 68.4 cm³/mol. The van der Waals surface area contributed by atoms with Crippen LogP contribution in [0, 0.1) is 5.92 Å². The first-order valence-corrected chi connectivity index (χ1v) is 6.43. The molecular weight excluding hydrogens is 212 g/mol. The summed E-state index contributed by atoms with van der Waals surface area (Å²) in [5, 5.41) is 0. The first-order chi connectivity index (χ1) is 8.36. The van der Waals surface area contributed by atoms with Gasteiger partial charge in [0.25, 0.3) is 0 Å². The highest BCUT2D eigenvalue weighted by Crippen LogP contribution is 2.42. The molecule has 17 heavy (non-hydrogen) atoms. The molecule has 2 atom stereocenters. The average molecular weight is 232 g/mol. The number of ether oxygens (including phenoxy) is 1. The van der Waals surface area contributed by atoms with Crippen molar-refractivity contribution in [3.63, 3.8) is 0 Å². The third kappa shape index (κ3) is 2.68. The Hall–Kier alpha value is -1.31. The molecule has 1 fully saturated rings. The third-order valence-corrected chi connectivity index (χ3v) is 3.85. The molecule has 0 N–H and O–H groups in total. The summed E-state index contributed by atoms with van der Waals surface area (Å²) in [6.45, 7) is 0. The summed E-state index contributed by atoms with van der Waals surface area (Å²) in [7, 11) is 1.72. The van der Waals surface area contributed by atoms with Crippen molar-refractivity contribution in [2.45, 2.75) is 38.0 Å². The highest BCUT2D eigenvalue weighted by molar-refractivity contribution is 5.50. The number of carbonyl (C=O) groups excluding carboxylic acids is 1. The van der Waals surface area contributed by atoms with Crippen LogP contribution in [-0.2, 0) is 4.79 Å². The van der Waals surface area contributed by atoms with Crippen LogP contribution in [0.5, 0.6) is 5.75 Å². The number of benzene rings is 1. The number of carbonyl (C=O) groups is 1. The SMILES string of the molecule is COc1ccccc1[C@H]1CCCC[C@H]1CC=O. The summed E-state index contributed by atoms with van der Waals surface area (Å²) >= 11 is 0. The molecular formula is C15H20O2. The van der Waals surface area contributed by atoms with Gasteiger partial charge in [-0.05, 0) is 36.3 Å². The molecule has 0 amide bonds. The molecule has 2 heteroatoms. The lowest BCUT2D eigenvalue weighted by Crippen LogP contribution is -2.18. The lowest BCUT2D eigenvalue weighted by molar-refractivity contribution is -0.109. The monoisotopic (exact) mass is 232 g/mol. The van der Waals surface area contributed by atoms with Gasteiger partial charge in [0.15, 0.2) is 0 Å². The van der Waals surface area contributed by atoms with Crippen molar-refractivity contribution in [3.05, 3.63) is 29.8 Å². The van der Waals surface area contributed by atoms with E-state index in [1.807, 2.05) is 12.1 Å². The van der Waals surface area contributed by atoms with Crippen molar-refractivity contribution in [2.24, 2.45) is 5.92 Å². The molecule has 0 aliphatic heterocycles. The summed E-state index contributed by atoms with van der Waals surface area (Å²) < 4.78 is 5.44. The van der Waals surface area contributed by atoms with Crippen LogP contribution in [0.2, 0.25) is 0 Å². The van der Waals surface area contributed by atoms with E-state index < -0.39 is 0 Å². The van der Waals surface area contributed by atoms with Gasteiger partial charge in [-0.25, -0.2) is 0 Å². The van der Waals surface area contributed by atoms with Gasteiger partial charge < -0.3 is 9.53 Å². The van der Waals surface area contributed by atoms with Crippen molar-refractivity contribution in [1.29, 1.82) is 0 Å². The van der Waals surface area contributed by atoms with Gasteiger partial charge in [0, 0.05) is 6.42 Å². The molecule has 0 radical (unpaired) electrons. The van der Waals surface area contributed by atoms with Crippen LogP contribution >= 0.6 is 0 Å². The molecule has 0 unspecified atom stereocenters. The summed E-state index contributed by atoms with van der Waals surface area (Å²) in [5.41, 5.74) is 1.28. The second-order valence-corrected chi connectivity index (χ2v) is 4.80. The van der Waals surface area contributed by atoms with Crippen LogP contribution in [0.15, 0.2) is 24.3 Å². The minimum Gasteiger partial charge on any atom is -0.496 e. The molecule has 0 heterocycles. The van der Waals surface area contributed by atoms with Crippen molar-refractivity contribution in [3.8, 4) is 5.75 Å². The second kappa shape index (κ2) is 5.85. The first-order valence-electron chi connectivity index (χ1n) is 6.43. The maximum Gasteiger partial charge on any atom is 0.122 e.